The largest absolute Gasteiger partial charge is 0.348 e. The molecule has 0 bridgehead atoms. The highest BCUT2D eigenvalue weighted by atomic mass is 19.1. The SMILES string of the molecule is O=C(NCc1ccccc1F)c1ccnc(Nc2cccc3cccnc23)c1. The average molecular weight is 372 g/mol. The van der Waals surface area contributed by atoms with Gasteiger partial charge in [0.15, 0.2) is 0 Å². The monoisotopic (exact) mass is 372 g/mol. The number of benzene rings is 2. The van der Waals surface area contributed by atoms with Crippen molar-refractivity contribution in [2.45, 2.75) is 6.54 Å². The number of nitrogens with one attached hydrogen (secondary N) is 2. The van der Waals surface area contributed by atoms with E-state index in [0.29, 0.717) is 16.9 Å². The number of para-hydroxylation sites is 1. The summed E-state index contributed by atoms with van der Waals surface area (Å²) in [6, 6.07) is 19.3. The maximum Gasteiger partial charge on any atom is 0.251 e. The number of hydrogen-bond donors (Lipinski definition) is 2. The fraction of sp³-hybridized carbons (Fsp3) is 0.0455. The predicted octanol–water partition coefficient (Wildman–Crippen LogP) is 4.44. The van der Waals surface area contributed by atoms with E-state index in [-0.39, 0.29) is 18.3 Å². The van der Waals surface area contributed by atoms with Crippen molar-refractivity contribution in [3.05, 3.63) is 96.1 Å². The van der Waals surface area contributed by atoms with E-state index in [1.807, 2.05) is 30.3 Å². The quantitative estimate of drug-likeness (QED) is 0.543. The lowest BCUT2D eigenvalue weighted by Crippen LogP contribution is -2.23. The molecule has 4 aromatic rings. The van der Waals surface area contributed by atoms with Gasteiger partial charge in [-0.1, -0.05) is 36.4 Å². The Morgan fingerprint density at radius 2 is 1.79 bits per heavy atom. The number of hydrogen-bond acceptors (Lipinski definition) is 4. The lowest BCUT2D eigenvalue weighted by molar-refractivity contribution is 0.0950. The molecule has 2 heterocycles. The van der Waals surface area contributed by atoms with Crippen LogP contribution in [0.3, 0.4) is 0 Å². The number of rotatable bonds is 5. The molecule has 0 saturated heterocycles. The number of aromatic nitrogens is 2. The Morgan fingerprint density at radius 1 is 0.929 bits per heavy atom. The minimum absolute atomic E-state index is 0.115. The number of fused-ring (bicyclic) bond motifs is 1. The highest BCUT2D eigenvalue weighted by Crippen LogP contribution is 2.24. The summed E-state index contributed by atoms with van der Waals surface area (Å²) in [4.78, 5) is 21.1. The first-order valence-corrected chi connectivity index (χ1v) is 8.79. The van der Waals surface area contributed by atoms with Crippen LogP contribution in [0.15, 0.2) is 79.1 Å². The summed E-state index contributed by atoms with van der Waals surface area (Å²) in [5, 5.41) is 6.95. The minimum Gasteiger partial charge on any atom is -0.348 e. The molecule has 0 spiro atoms. The lowest BCUT2D eigenvalue weighted by Gasteiger charge is -2.10. The summed E-state index contributed by atoms with van der Waals surface area (Å²) in [5.41, 5.74) is 2.49. The molecule has 0 aliphatic rings. The number of amides is 1. The van der Waals surface area contributed by atoms with Crippen molar-refractivity contribution >= 4 is 28.3 Å². The maximum atomic E-state index is 13.7. The van der Waals surface area contributed by atoms with E-state index in [1.54, 1.807) is 42.7 Å². The van der Waals surface area contributed by atoms with Crippen molar-refractivity contribution in [2.75, 3.05) is 5.32 Å². The van der Waals surface area contributed by atoms with Crippen LogP contribution in [0.5, 0.6) is 0 Å². The molecule has 0 atom stereocenters. The molecular weight excluding hydrogens is 355 g/mol. The molecule has 0 radical (unpaired) electrons. The Labute approximate surface area is 161 Å². The number of halogens is 1. The molecule has 6 heteroatoms. The Kier molecular flexibility index (Phi) is 4.93. The molecule has 2 aromatic heterocycles. The molecule has 138 valence electrons. The fourth-order valence-corrected chi connectivity index (χ4v) is 2.90. The van der Waals surface area contributed by atoms with E-state index in [0.717, 1.165) is 16.6 Å². The second-order valence-corrected chi connectivity index (χ2v) is 6.21. The summed E-state index contributed by atoms with van der Waals surface area (Å²) in [6.07, 6.45) is 3.28. The van der Waals surface area contributed by atoms with Gasteiger partial charge in [-0.05, 0) is 30.3 Å². The number of pyridine rings is 2. The maximum absolute atomic E-state index is 13.7. The minimum atomic E-state index is -0.344. The van der Waals surface area contributed by atoms with Crippen LogP contribution < -0.4 is 10.6 Å². The van der Waals surface area contributed by atoms with Gasteiger partial charge in [0.1, 0.15) is 11.6 Å². The summed E-state index contributed by atoms with van der Waals surface area (Å²) in [6.45, 7) is 0.115. The molecule has 1 amide bonds. The van der Waals surface area contributed by atoms with Gasteiger partial charge < -0.3 is 10.6 Å². The van der Waals surface area contributed by atoms with Gasteiger partial charge in [-0.15, -0.1) is 0 Å². The normalized spacial score (nSPS) is 10.6. The first-order valence-electron chi connectivity index (χ1n) is 8.79. The van der Waals surface area contributed by atoms with Gasteiger partial charge in [0, 0.05) is 35.5 Å². The number of nitrogens with zero attached hydrogens (tertiary/aromatic N) is 2. The fourth-order valence-electron chi connectivity index (χ4n) is 2.90. The third-order valence-corrected chi connectivity index (χ3v) is 4.31. The molecule has 2 N–H and O–H groups in total. The second kappa shape index (κ2) is 7.84. The van der Waals surface area contributed by atoms with Crippen molar-refractivity contribution in [1.29, 1.82) is 0 Å². The van der Waals surface area contributed by atoms with Crippen molar-refractivity contribution in [3.63, 3.8) is 0 Å². The van der Waals surface area contributed by atoms with Crippen LogP contribution in [-0.4, -0.2) is 15.9 Å². The Hall–Kier alpha value is -3.80. The lowest BCUT2D eigenvalue weighted by atomic mass is 10.2. The molecule has 4 rings (SSSR count). The zero-order valence-corrected chi connectivity index (χ0v) is 14.9. The molecule has 5 nitrogen and oxygen atoms in total. The van der Waals surface area contributed by atoms with Gasteiger partial charge in [-0.3, -0.25) is 9.78 Å². The van der Waals surface area contributed by atoms with Gasteiger partial charge in [-0.2, -0.15) is 0 Å². The Bertz CT molecular complexity index is 1140. The van der Waals surface area contributed by atoms with E-state index in [4.69, 9.17) is 0 Å². The zero-order chi connectivity index (χ0) is 19.3. The Balaban J connectivity index is 1.51. The third-order valence-electron chi connectivity index (χ3n) is 4.31. The van der Waals surface area contributed by atoms with Crippen LogP contribution in [0, 0.1) is 5.82 Å². The second-order valence-electron chi connectivity index (χ2n) is 6.21. The van der Waals surface area contributed by atoms with Crippen molar-refractivity contribution < 1.29 is 9.18 Å². The number of carbonyl (C=O) groups is 1. The van der Waals surface area contributed by atoms with Crippen LogP contribution in [0.4, 0.5) is 15.9 Å². The predicted molar refractivity (Wildman–Crippen MR) is 107 cm³/mol. The van der Waals surface area contributed by atoms with E-state index in [9.17, 15) is 9.18 Å². The van der Waals surface area contributed by atoms with Crippen LogP contribution in [-0.2, 0) is 6.54 Å². The van der Waals surface area contributed by atoms with E-state index >= 15 is 0 Å². The highest BCUT2D eigenvalue weighted by molar-refractivity contribution is 5.95. The third kappa shape index (κ3) is 3.81. The summed E-state index contributed by atoms with van der Waals surface area (Å²) in [5.74, 6) is -0.121. The van der Waals surface area contributed by atoms with E-state index in [1.165, 1.54) is 6.07 Å². The Morgan fingerprint density at radius 3 is 2.68 bits per heavy atom. The zero-order valence-electron chi connectivity index (χ0n) is 14.9. The molecule has 0 unspecified atom stereocenters. The van der Waals surface area contributed by atoms with Crippen molar-refractivity contribution in [2.24, 2.45) is 0 Å². The van der Waals surface area contributed by atoms with Gasteiger partial charge in [0.2, 0.25) is 0 Å². The summed E-state index contributed by atoms with van der Waals surface area (Å²) in [7, 11) is 0. The van der Waals surface area contributed by atoms with E-state index < -0.39 is 0 Å². The van der Waals surface area contributed by atoms with E-state index in [2.05, 4.69) is 20.6 Å². The highest BCUT2D eigenvalue weighted by Gasteiger charge is 2.09. The molecular formula is C22H17FN4O. The molecule has 0 fully saturated rings. The molecule has 28 heavy (non-hydrogen) atoms. The summed E-state index contributed by atoms with van der Waals surface area (Å²) >= 11 is 0. The topological polar surface area (TPSA) is 66.9 Å². The first kappa shape index (κ1) is 17.6. The van der Waals surface area contributed by atoms with Crippen LogP contribution >= 0.6 is 0 Å². The molecule has 2 aromatic carbocycles. The summed E-state index contributed by atoms with van der Waals surface area (Å²) < 4.78 is 13.7. The first-order chi connectivity index (χ1) is 13.7. The smallest absolute Gasteiger partial charge is 0.251 e. The van der Waals surface area contributed by atoms with Gasteiger partial charge in [-0.25, -0.2) is 9.37 Å². The van der Waals surface area contributed by atoms with Crippen LogP contribution in [0.2, 0.25) is 0 Å². The van der Waals surface area contributed by atoms with Gasteiger partial charge in [0.25, 0.3) is 5.91 Å². The number of anilines is 2. The molecule has 0 saturated carbocycles. The average Bonchev–Trinajstić information content (AvgIpc) is 2.73. The van der Waals surface area contributed by atoms with Gasteiger partial charge >= 0.3 is 0 Å². The van der Waals surface area contributed by atoms with Crippen LogP contribution in [0.25, 0.3) is 10.9 Å². The standard InChI is InChI=1S/C22H17FN4O/c23-18-8-2-1-5-17(18)14-26-22(28)16-10-12-24-20(13-16)27-19-9-3-6-15-7-4-11-25-21(15)19/h1-13H,14H2,(H,24,27)(H,26,28). The molecule has 0 aliphatic carbocycles. The number of carbonyl (C=O) groups excluding carboxylic acids is 1. The molecule has 0 aliphatic heterocycles. The van der Waals surface area contributed by atoms with Crippen molar-refractivity contribution in [1.82, 2.24) is 15.3 Å². The van der Waals surface area contributed by atoms with Gasteiger partial charge in [0.05, 0.1) is 11.2 Å². The van der Waals surface area contributed by atoms with Crippen LogP contribution in [0.1, 0.15) is 15.9 Å². The van der Waals surface area contributed by atoms with Crippen molar-refractivity contribution in [3.8, 4) is 0 Å².